The van der Waals surface area contributed by atoms with Crippen molar-refractivity contribution in [3.63, 3.8) is 0 Å². The van der Waals surface area contributed by atoms with Gasteiger partial charge in [0.05, 0.1) is 6.42 Å². The Labute approximate surface area is 171 Å². The average molecular weight is 387 g/mol. The van der Waals surface area contributed by atoms with Crippen molar-refractivity contribution < 1.29 is 14.3 Å². The summed E-state index contributed by atoms with van der Waals surface area (Å²) in [4.78, 5) is 24.7. The van der Waals surface area contributed by atoms with Gasteiger partial charge in [-0.3, -0.25) is 9.59 Å². The third-order valence-electron chi connectivity index (χ3n) is 4.80. The summed E-state index contributed by atoms with van der Waals surface area (Å²) < 4.78 is 5.74. The van der Waals surface area contributed by atoms with E-state index < -0.39 is 12.1 Å². The maximum atomic E-state index is 12.5. The summed E-state index contributed by atoms with van der Waals surface area (Å²) in [6.07, 6.45) is -0.401. The fraction of sp³-hybridized carbons (Fsp3) is 0.200. The lowest BCUT2D eigenvalue weighted by atomic mass is 10.0. The van der Waals surface area contributed by atoms with Crippen LogP contribution < -0.4 is 5.32 Å². The van der Waals surface area contributed by atoms with Crippen LogP contribution in [-0.4, -0.2) is 11.9 Å². The van der Waals surface area contributed by atoms with Crippen molar-refractivity contribution in [3.8, 4) is 0 Å². The van der Waals surface area contributed by atoms with Crippen molar-refractivity contribution in [1.82, 2.24) is 0 Å². The van der Waals surface area contributed by atoms with E-state index in [0.717, 1.165) is 22.4 Å². The highest BCUT2D eigenvalue weighted by Crippen LogP contribution is 2.26. The molecule has 0 radical (unpaired) electrons. The molecule has 0 unspecified atom stereocenters. The third kappa shape index (κ3) is 5.79. The normalized spacial score (nSPS) is 10.6. The molecule has 0 aliphatic heterocycles. The van der Waals surface area contributed by atoms with Crippen molar-refractivity contribution in [2.24, 2.45) is 0 Å². The highest BCUT2D eigenvalue weighted by Gasteiger charge is 2.19. The van der Waals surface area contributed by atoms with E-state index in [0.29, 0.717) is 0 Å². The van der Waals surface area contributed by atoms with Gasteiger partial charge >= 0.3 is 5.97 Å². The number of benzene rings is 3. The van der Waals surface area contributed by atoms with Gasteiger partial charge in [-0.15, -0.1) is 0 Å². The summed E-state index contributed by atoms with van der Waals surface area (Å²) >= 11 is 0. The van der Waals surface area contributed by atoms with Crippen LogP contribution in [0, 0.1) is 13.8 Å². The number of ether oxygens (including phenoxy) is 1. The van der Waals surface area contributed by atoms with E-state index in [2.05, 4.69) is 5.32 Å². The first-order valence-electron chi connectivity index (χ1n) is 9.69. The third-order valence-corrected chi connectivity index (χ3v) is 4.80. The fourth-order valence-corrected chi connectivity index (χ4v) is 3.03. The number of aryl methyl sites for hydroxylation is 2. The standard InChI is InChI=1S/C25H25NO3/c1-18-13-14-22(17-19(18)2)26-23(27)15-16-24(28)29-25(20-9-5-3-6-10-20)21-11-7-4-8-12-21/h3-14,17,25H,15-16H2,1-2H3,(H,26,27). The van der Waals surface area contributed by atoms with Gasteiger partial charge in [-0.25, -0.2) is 0 Å². The van der Waals surface area contributed by atoms with Gasteiger partial charge in [-0.1, -0.05) is 66.7 Å². The molecule has 4 heteroatoms. The van der Waals surface area contributed by atoms with Crippen LogP contribution in [0.5, 0.6) is 0 Å². The van der Waals surface area contributed by atoms with Crippen LogP contribution >= 0.6 is 0 Å². The molecule has 0 aliphatic rings. The van der Waals surface area contributed by atoms with E-state index in [9.17, 15) is 9.59 Å². The molecule has 0 aromatic heterocycles. The lowest BCUT2D eigenvalue weighted by molar-refractivity contribution is -0.148. The first kappa shape index (κ1) is 20.3. The number of esters is 1. The molecule has 3 rings (SSSR count). The van der Waals surface area contributed by atoms with Gasteiger partial charge in [0.15, 0.2) is 6.10 Å². The molecule has 3 aromatic carbocycles. The molecular formula is C25H25NO3. The van der Waals surface area contributed by atoms with Gasteiger partial charge in [-0.05, 0) is 48.2 Å². The minimum atomic E-state index is -0.493. The summed E-state index contributed by atoms with van der Waals surface area (Å²) in [5.74, 6) is -0.612. The molecule has 0 saturated heterocycles. The van der Waals surface area contributed by atoms with E-state index >= 15 is 0 Å². The van der Waals surface area contributed by atoms with Gasteiger partial charge < -0.3 is 10.1 Å². The molecule has 148 valence electrons. The van der Waals surface area contributed by atoms with Crippen LogP contribution in [0.2, 0.25) is 0 Å². The molecule has 0 aliphatic carbocycles. The zero-order valence-corrected chi connectivity index (χ0v) is 16.7. The molecule has 0 atom stereocenters. The molecule has 0 spiro atoms. The predicted molar refractivity (Wildman–Crippen MR) is 115 cm³/mol. The first-order chi connectivity index (χ1) is 14.0. The van der Waals surface area contributed by atoms with Crippen molar-refractivity contribution in [2.75, 3.05) is 5.32 Å². The molecule has 3 aromatic rings. The van der Waals surface area contributed by atoms with E-state index in [4.69, 9.17) is 4.74 Å². The summed E-state index contributed by atoms with van der Waals surface area (Å²) in [5, 5.41) is 2.84. The molecular weight excluding hydrogens is 362 g/mol. The second kappa shape index (κ2) is 9.69. The number of carbonyl (C=O) groups excluding carboxylic acids is 2. The monoisotopic (exact) mass is 387 g/mol. The largest absolute Gasteiger partial charge is 0.453 e. The molecule has 0 bridgehead atoms. The van der Waals surface area contributed by atoms with Crippen LogP contribution in [0.3, 0.4) is 0 Å². The Balaban J connectivity index is 1.60. The molecule has 0 heterocycles. The van der Waals surface area contributed by atoms with E-state index in [1.807, 2.05) is 92.7 Å². The smallest absolute Gasteiger partial charge is 0.307 e. The second-order valence-corrected chi connectivity index (χ2v) is 7.04. The topological polar surface area (TPSA) is 55.4 Å². The number of hydrogen-bond donors (Lipinski definition) is 1. The zero-order valence-electron chi connectivity index (χ0n) is 16.7. The average Bonchev–Trinajstić information content (AvgIpc) is 2.74. The van der Waals surface area contributed by atoms with Crippen LogP contribution in [0.25, 0.3) is 0 Å². The van der Waals surface area contributed by atoms with Crippen LogP contribution in [0.4, 0.5) is 5.69 Å². The number of carbonyl (C=O) groups is 2. The minimum absolute atomic E-state index is 0.0207. The Morgan fingerprint density at radius 1 is 0.793 bits per heavy atom. The number of amides is 1. The Hall–Kier alpha value is -3.40. The predicted octanol–water partition coefficient (Wildman–Crippen LogP) is 5.35. The summed E-state index contributed by atoms with van der Waals surface area (Å²) in [6.45, 7) is 4.02. The summed E-state index contributed by atoms with van der Waals surface area (Å²) in [6, 6.07) is 25.0. The van der Waals surface area contributed by atoms with Crippen LogP contribution in [0.15, 0.2) is 78.9 Å². The lowest BCUT2D eigenvalue weighted by Crippen LogP contribution is -2.17. The molecule has 4 nitrogen and oxygen atoms in total. The number of rotatable bonds is 7. The molecule has 1 N–H and O–H groups in total. The van der Waals surface area contributed by atoms with Crippen molar-refractivity contribution in [3.05, 3.63) is 101 Å². The highest BCUT2D eigenvalue weighted by molar-refractivity contribution is 5.92. The minimum Gasteiger partial charge on any atom is -0.453 e. The Morgan fingerprint density at radius 3 is 1.93 bits per heavy atom. The summed E-state index contributed by atoms with van der Waals surface area (Å²) in [5.41, 5.74) is 4.80. The highest BCUT2D eigenvalue weighted by atomic mass is 16.5. The molecule has 29 heavy (non-hydrogen) atoms. The Bertz CT molecular complexity index is 928. The van der Waals surface area contributed by atoms with Crippen molar-refractivity contribution >= 4 is 17.6 Å². The molecule has 0 saturated carbocycles. The second-order valence-electron chi connectivity index (χ2n) is 7.04. The summed E-state index contributed by atoms with van der Waals surface area (Å²) in [7, 11) is 0. The first-order valence-corrected chi connectivity index (χ1v) is 9.69. The Kier molecular flexibility index (Phi) is 6.80. The lowest BCUT2D eigenvalue weighted by Gasteiger charge is -2.19. The Morgan fingerprint density at radius 2 is 1.38 bits per heavy atom. The molecule has 1 amide bonds. The van der Waals surface area contributed by atoms with Crippen LogP contribution in [0.1, 0.15) is 41.2 Å². The number of hydrogen-bond acceptors (Lipinski definition) is 3. The SMILES string of the molecule is Cc1ccc(NC(=O)CCC(=O)OC(c2ccccc2)c2ccccc2)cc1C. The zero-order chi connectivity index (χ0) is 20.6. The van der Waals surface area contributed by atoms with Gasteiger partial charge in [0.25, 0.3) is 0 Å². The fourth-order valence-electron chi connectivity index (χ4n) is 3.03. The van der Waals surface area contributed by atoms with Crippen molar-refractivity contribution in [2.45, 2.75) is 32.8 Å². The van der Waals surface area contributed by atoms with Crippen LogP contribution in [-0.2, 0) is 14.3 Å². The molecule has 0 fully saturated rings. The van der Waals surface area contributed by atoms with E-state index in [-0.39, 0.29) is 18.7 Å². The van der Waals surface area contributed by atoms with Gasteiger partial charge in [0, 0.05) is 12.1 Å². The number of anilines is 1. The van der Waals surface area contributed by atoms with Crippen molar-refractivity contribution in [1.29, 1.82) is 0 Å². The van der Waals surface area contributed by atoms with Gasteiger partial charge in [-0.2, -0.15) is 0 Å². The number of nitrogens with one attached hydrogen (secondary N) is 1. The van der Waals surface area contributed by atoms with Gasteiger partial charge in [0.1, 0.15) is 0 Å². The quantitative estimate of drug-likeness (QED) is 0.556. The van der Waals surface area contributed by atoms with E-state index in [1.54, 1.807) is 0 Å². The maximum absolute atomic E-state index is 12.5. The van der Waals surface area contributed by atoms with E-state index in [1.165, 1.54) is 5.56 Å². The maximum Gasteiger partial charge on any atom is 0.307 e. The van der Waals surface area contributed by atoms with Gasteiger partial charge in [0.2, 0.25) is 5.91 Å².